The van der Waals surface area contributed by atoms with E-state index < -0.39 is 0 Å². The fourth-order valence-corrected chi connectivity index (χ4v) is 2.22. The van der Waals surface area contributed by atoms with Gasteiger partial charge in [0, 0.05) is 32.1 Å². The van der Waals surface area contributed by atoms with E-state index in [2.05, 4.69) is 20.3 Å². The Bertz CT molecular complexity index is 571. The van der Waals surface area contributed by atoms with Crippen LogP contribution in [0, 0.1) is 6.92 Å². The fourth-order valence-electron chi connectivity index (χ4n) is 1.72. The molecule has 0 saturated carbocycles. The standard InChI is InChI=1S/C13H17N5S/c1-9-8-15-13(17-11(9)18(2)3)16-10-6-5-7-14-12(10)19-4/h5-8H,1-4H3,(H,15,16,17). The van der Waals surface area contributed by atoms with Crippen molar-refractivity contribution in [3.8, 4) is 0 Å². The van der Waals surface area contributed by atoms with Gasteiger partial charge in [0.05, 0.1) is 5.69 Å². The molecule has 0 amide bonds. The number of aryl methyl sites for hydroxylation is 1. The molecule has 0 atom stereocenters. The van der Waals surface area contributed by atoms with Gasteiger partial charge in [-0.05, 0) is 25.3 Å². The van der Waals surface area contributed by atoms with Crippen LogP contribution in [0.4, 0.5) is 17.5 Å². The monoisotopic (exact) mass is 275 g/mol. The Labute approximate surface area is 117 Å². The minimum Gasteiger partial charge on any atom is -0.362 e. The third kappa shape index (κ3) is 3.14. The Morgan fingerprint density at radius 2 is 2.05 bits per heavy atom. The number of rotatable bonds is 4. The molecule has 0 bridgehead atoms. The first-order valence-electron chi connectivity index (χ1n) is 5.89. The molecular weight excluding hydrogens is 258 g/mol. The maximum Gasteiger partial charge on any atom is 0.229 e. The maximum absolute atomic E-state index is 4.51. The lowest BCUT2D eigenvalue weighted by Crippen LogP contribution is -2.13. The van der Waals surface area contributed by atoms with E-state index in [1.165, 1.54) is 0 Å². The molecule has 1 N–H and O–H groups in total. The van der Waals surface area contributed by atoms with Gasteiger partial charge in [-0.3, -0.25) is 0 Å². The lowest BCUT2D eigenvalue weighted by atomic mass is 10.3. The summed E-state index contributed by atoms with van der Waals surface area (Å²) in [5.41, 5.74) is 1.97. The number of thioether (sulfide) groups is 1. The van der Waals surface area contributed by atoms with Crippen LogP contribution in [0.5, 0.6) is 0 Å². The van der Waals surface area contributed by atoms with Gasteiger partial charge in [0.1, 0.15) is 10.8 Å². The summed E-state index contributed by atoms with van der Waals surface area (Å²) < 4.78 is 0. The highest BCUT2D eigenvalue weighted by molar-refractivity contribution is 7.98. The molecule has 0 saturated heterocycles. The molecule has 2 heterocycles. The first kappa shape index (κ1) is 13.6. The normalized spacial score (nSPS) is 10.3. The van der Waals surface area contributed by atoms with E-state index in [1.54, 1.807) is 18.0 Å². The van der Waals surface area contributed by atoms with E-state index in [1.807, 2.05) is 50.5 Å². The largest absolute Gasteiger partial charge is 0.362 e. The van der Waals surface area contributed by atoms with Crippen LogP contribution in [0.2, 0.25) is 0 Å². The molecule has 0 unspecified atom stereocenters. The zero-order valence-corrected chi connectivity index (χ0v) is 12.3. The van der Waals surface area contributed by atoms with Gasteiger partial charge in [0.15, 0.2) is 0 Å². The van der Waals surface area contributed by atoms with E-state index in [4.69, 9.17) is 0 Å². The smallest absolute Gasteiger partial charge is 0.229 e. The number of aromatic nitrogens is 3. The fraction of sp³-hybridized carbons (Fsp3) is 0.308. The van der Waals surface area contributed by atoms with Crippen molar-refractivity contribution in [3.63, 3.8) is 0 Å². The minimum absolute atomic E-state index is 0.581. The van der Waals surface area contributed by atoms with Gasteiger partial charge in [-0.1, -0.05) is 0 Å². The number of hydrogen-bond donors (Lipinski definition) is 1. The van der Waals surface area contributed by atoms with Crippen LogP contribution in [0.15, 0.2) is 29.6 Å². The summed E-state index contributed by atoms with van der Waals surface area (Å²) in [4.78, 5) is 15.1. The summed E-state index contributed by atoms with van der Waals surface area (Å²) in [5.74, 6) is 1.49. The molecule has 0 radical (unpaired) electrons. The van der Waals surface area contributed by atoms with Gasteiger partial charge in [0.25, 0.3) is 0 Å². The summed E-state index contributed by atoms with van der Waals surface area (Å²) in [6.45, 7) is 2.00. The molecule has 0 spiro atoms. The van der Waals surface area contributed by atoms with Crippen LogP contribution in [0.1, 0.15) is 5.56 Å². The molecule has 0 fully saturated rings. The third-order valence-corrected chi connectivity index (χ3v) is 3.29. The topological polar surface area (TPSA) is 53.9 Å². The van der Waals surface area contributed by atoms with Gasteiger partial charge in [-0.2, -0.15) is 4.98 Å². The summed E-state index contributed by atoms with van der Waals surface area (Å²) in [7, 11) is 3.94. The van der Waals surface area contributed by atoms with E-state index in [-0.39, 0.29) is 0 Å². The Kier molecular flexibility index (Phi) is 4.21. The van der Waals surface area contributed by atoms with Crippen LogP contribution < -0.4 is 10.2 Å². The molecular formula is C13H17N5S. The number of anilines is 3. The number of nitrogens with zero attached hydrogens (tertiary/aromatic N) is 4. The van der Waals surface area contributed by atoms with E-state index in [9.17, 15) is 0 Å². The van der Waals surface area contributed by atoms with Crippen LogP contribution in [0.25, 0.3) is 0 Å². The number of pyridine rings is 1. The maximum atomic E-state index is 4.51. The van der Waals surface area contributed by atoms with Gasteiger partial charge in [0.2, 0.25) is 5.95 Å². The van der Waals surface area contributed by atoms with Crippen molar-refractivity contribution in [1.29, 1.82) is 0 Å². The molecule has 5 nitrogen and oxygen atoms in total. The molecule has 19 heavy (non-hydrogen) atoms. The van der Waals surface area contributed by atoms with E-state index >= 15 is 0 Å². The average molecular weight is 275 g/mol. The molecule has 100 valence electrons. The average Bonchev–Trinajstić information content (AvgIpc) is 2.41. The molecule has 6 heteroatoms. The second-order valence-corrected chi connectivity index (χ2v) is 5.07. The quantitative estimate of drug-likeness (QED) is 0.866. The molecule has 2 rings (SSSR count). The van der Waals surface area contributed by atoms with Crippen molar-refractivity contribution in [1.82, 2.24) is 15.0 Å². The van der Waals surface area contributed by atoms with Crippen LogP contribution >= 0.6 is 11.8 Å². The SMILES string of the molecule is CSc1ncccc1Nc1ncc(C)c(N(C)C)n1. The highest BCUT2D eigenvalue weighted by Crippen LogP contribution is 2.25. The molecule has 2 aromatic heterocycles. The van der Waals surface area contributed by atoms with Crippen molar-refractivity contribution in [2.24, 2.45) is 0 Å². The summed E-state index contributed by atoms with van der Waals surface area (Å²) in [5, 5.41) is 4.14. The Morgan fingerprint density at radius 3 is 2.74 bits per heavy atom. The minimum atomic E-state index is 0.581. The second kappa shape index (κ2) is 5.88. The van der Waals surface area contributed by atoms with Gasteiger partial charge in [-0.25, -0.2) is 9.97 Å². The van der Waals surface area contributed by atoms with Crippen molar-refractivity contribution >= 4 is 29.2 Å². The molecule has 0 aliphatic rings. The Balaban J connectivity index is 2.31. The molecule has 0 aromatic carbocycles. The predicted molar refractivity (Wildman–Crippen MR) is 80.4 cm³/mol. The number of nitrogens with one attached hydrogen (secondary N) is 1. The second-order valence-electron chi connectivity index (χ2n) is 4.28. The van der Waals surface area contributed by atoms with Gasteiger partial charge in [-0.15, -0.1) is 11.8 Å². The molecule has 0 aliphatic heterocycles. The first-order valence-corrected chi connectivity index (χ1v) is 7.11. The third-order valence-electron chi connectivity index (χ3n) is 2.58. The van der Waals surface area contributed by atoms with E-state index in [0.717, 1.165) is 22.1 Å². The zero-order chi connectivity index (χ0) is 13.8. The van der Waals surface area contributed by atoms with Gasteiger partial charge < -0.3 is 10.2 Å². The van der Waals surface area contributed by atoms with Crippen molar-refractivity contribution in [2.45, 2.75) is 11.9 Å². The molecule has 0 aliphatic carbocycles. The lowest BCUT2D eigenvalue weighted by Gasteiger charge is -2.15. The highest BCUT2D eigenvalue weighted by atomic mass is 32.2. The zero-order valence-electron chi connectivity index (χ0n) is 11.5. The Morgan fingerprint density at radius 1 is 1.26 bits per heavy atom. The van der Waals surface area contributed by atoms with Crippen molar-refractivity contribution < 1.29 is 0 Å². The van der Waals surface area contributed by atoms with Gasteiger partial charge >= 0.3 is 0 Å². The van der Waals surface area contributed by atoms with Crippen LogP contribution in [-0.2, 0) is 0 Å². The first-order chi connectivity index (χ1) is 9.11. The van der Waals surface area contributed by atoms with E-state index in [0.29, 0.717) is 5.95 Å². The number of hydrogen-bond acceptors (Lipinski definition) is 6. The summed E-state index contributed by atoms with van der Waals surface area (Å²) in [6.07, 6.45) is 5.59. The van der Waals surface area contributed by atoms with Crippen molar-refractivity contribution in [3.05, 3.63) is 30.1 Å². The highest BCUT2D eigenvalue weighted by Gasteiger charge is 2.08. The lowest BCUT2D eigenvalue weighted by molar-refractivity contribution is 1.01. The Hall–Kier alpha value is -1.82. The summed E-state index contributed by atoms with van der Waals surface area (Å²) >= 11 is 1.59. The predicted octanol–water partition coefficient (Wildman–Crippen LogP) is 2.71. The van der Waals surface area contributed by atoms with Crippen LogP contribution in [0.3, 0.4) is 0 Å². The summed E-state index contributed by atoms with van der Waals surface area (Å²) in [6, 6.07) is 3.86. The molecule has 2 aromatic rings. The van der Waals surface area contributed by atoms with Crippen molar-refractivity contribution in [2.75, 3.05) is 30.6 Å². The van der Waals surface area contributed by atoms with Crippen LogP contribution in [-0.4, -0.2) is 35.3 Å².